The van der Waals surface area contributed by atoms with E-state index in [-0.39, 0.29) is 11.9 Å². The molecule has 0 aliphatic rings. The van der Waals surface area contributed by atoms with Crippen LogP contribution in [0.5, 0.6) is 0 Å². The van der Waals surface area contributed by atoms with Gasteiger partial charge >= 0.3 is 0 Å². The van der Waals surface area contributed by atoms with Gasteiger partial charge in [-0.3, -0.25) is 10.2 Å². The molecule has 12 heavy (non-hydrogen) atoms. The van der Waals surface area contributed by atoms with E-state index in [1.807, 2.05) is 6.26 Å². The molecule has 0 aromatic rings. The Kier molecular flexibility index (Phi) is 6.14. The average Bonchev–Trinajstić information content (AvgIpc) is 1.98. The highest BCUT2D eigenvalue weighted by Crippen LogP contribution is 1.98. The Morgan fingerprint density at radius 2 is 2.25 bits per heavy atom. The molecule has 0 aliphatic carbocycles. The highest BCUT2D eigenvalue weighted by atomic mass is 32.2. The second-order valence-electron chi connectivity index (χ2n) is 2.76. The monoisotopic (exact) mass is 191 g/mol. The highest BCUT2D eigenvalue weighted by Gasteiger charge is 2.12. The molecule has 1 amide bonds. The second kappa shape index (κ2) is 6.28. The van der Waals surface area contributed by atoms with Gasteiger partial charge in [0.1, 0.15) is 0 Å². The van der Waals surface area contributed by atoms with Crippen LogP contribution in [-0.4, -0.2) is 43.1 Å². The van der Waals surface area contributed by atoms with Crippen molar-refractivity contribution in [2.45, 2.75) is 12.5 Å². The third-order valence-electron chi connectivity index (χ3n) is 1.30. The minimum Gasteiger partial charge on any atom is -0.320 e. The molecule has 0 heterocycles. The molecule has 3 N–H and O–H groups in total. The zero-order valence-electron chi connectivity index (χ0n) is 7.83. The minimum atomic E-state index is -0.389. The van der Waals surface area contributed by atoms with E-state index >= 15 is 0 Å². The van der Waals surface area contributed by atoms with Gasteiger partial charge in [0.05, 0.1) is 6.04 Å². The number of nitrogens with one attached hydrogen (secondary N) is 1. The summed E-state index contributed by atoms with van der Waals surface area (Å²) in [4.78, 5) is 11.2. The number of hydrogen-bond acceptors (Lipinski definition) is 4. The summed E-state index contributed by atoms with van der Waals surface area (Å²) >= 11 is 1.69. The predicted octanol–water partition coefficient (Wildman–Crippen LogP) is -0.340. The lowest BCUT2D eigenvalue weighted by atomic mass is 10.2. The smallest absolute Gasteiger partial charge is 0.251 e. The fraction of sp³-hybridized carbons (Fsp3) is 0.857. The maximum Gasteiger partial charge on any atom is 0.251 e. The van der Waals surface area contributed by atoms with Gasteiger partial charge in [0.2, 0.25) is 0 Å². The van der Waals surface area contributed by atoms with E-state index in [1.165, 1.54) is 0 Å². The average molecular weight is 191 g/mol. The summed E-state index contributed by atoms with van der Waals surface area (Å²) in [6.07, 6.45) is 2.72. The lowest BCUT2D eigenvalue weighted by Gasteiger charge is -2.15. The number of hydrogen-bond donors (Lipinski definition) is 2. The Balaban J connectivity index is 3.61. The first kappa shape index (κ1) is 11.7. The minimum absolute atomic E-state index is 0.117. The standard InChI is InChI=1S/C7H17N3OS/c1-10(2)9-7(11)6(8)4-5-12-3/h6H,4-5,8H2,1-3H3,(H,9,11)/t6-/m0/s1. The number of thioether (sulfide) groups is 1. The number of rotatable bonds is 5. The van der Waals surface area contributed by atoms with Gasteiger partial charge in [0.25, 0.3) is 5.91 Å². The third-order valence-corrected chi connectivity index (χ3v) is 1.95. The lowest BCUT2D eigenvalue weighted by molar-refractivity contribution is -0.126. The van der Waals surface area contributed by atoms with Gasteiger partial charge in [-0.25, -0.2) is 5.01 Å². The SMILES string of the molecule is CSCC[C@H](N)C(=O)NN(C)C. The largest absolute Gasteiger partial charge is 0.320 e. The van der Waals surface area contributed by atoms with Gasteiger partial charge in [-0.15, -0.1) is 0 Å². The molecule has 0 saturated heterocycles. The van der Waals surface area contributed by atoms with Crippen LogP contribution >= 0.6 is 11.8 Å². The Hall–Kier alpha value is -0.260. The number of carbonyl (C=O) groups excluding carboxylic acids is 1. The van der Waals surface area contributed by atoms with E-state index in [1.54, 1.807) is 30.9 Å². The summed E-state index contributed by atoms with van der Waals surface area (Å²) in [5.74, 6) is 0.802. The molecular formula is C7H17N3OS. The molecule has 0 saturated carbocycles. The highest BCUT2D eigenvalue weighted by molar-refractivity contribution is 7.98. The molecule has 0 aliphatic heterocycles. The number of nitrogens with two attached hydrogens (primary N) is 1. The van der Waals surface area contributed by atoms with Gasteiger partial charge in [0, 0.05) is 14.1 Å². The van der Waals surface area contributed by atoms with Crippen LogP contribution in [0.25, 0.3) is 0 Å². The molecule has 0 bridgehead atoms. The predicted molar refractivity (Wildman–Crippen MR) is 52.8 cm³/mol. The van der Waals surface area contributed by atoms with E-state index in [0.29, 0.717) is 0 Å². The molecular weight excluding hydrogens is 174 g/mol. The first-order valence-electron chi connectivity index (χ1n) is 3.80. The molecule has 0 aromatic carbocycles. The van der Waals surface area contributed by atoms with Crippen molar-refractivity contribution in [2.75, 3.05) is 26.1 Å². The van der Waals surface area contributed by atoms with Crippen LogP contribution in [0, 0.1) is 0 Å². The summed E-state index contributed by atoms with van der Waals surface area (Å²) in [5, 5.41) is 1.60. The second-order valence-corrected chi connectivity index (χ2v) is 3.74. The molecule has 0 radical (unpaired) electrons. The first-order chi connectivity index (χ1) is 5.57. The summed E-state index contributed by atoms with van der Waals surface area (Å²) in [7, 11) is 3.53. The molecule has 0 spiro atoms. The van der Waals surface area contributed by atoms with Crippen LogP contribution in [0.4, 0.5) is 0 Å². The van der Waals surface area contributed by atoms with Crippen LogP contribution < -0.4 is 11.2 Å². The van der Waals surface area contributed by atoms with Gasteiger partial charge in [-0.1, -0.05) is 0 Å². The Morgan fingerprint density at radius 1 is 1.67 bits per heavy atom. The lowest BCUT2D eigenvalue weighted by Crippen LogP contribution is -2.46. The summed E-state index contributed by atoms with van der Waals surface area (Å²) in [6, 6.07) is -0.389. The van der Waals surface area contributed by atoms with Crippen molar-refractivity contribution in [1.29, 1.82) is 0 Å². The van der Waals surface area contributed by atoms with Crippen LogP contribution in [0.1, 0.15) is 6.42 Å². The molecule has 0 unspecified atom stereocenters. The van der Waals surface area contributed by atoms with Crippen LogP contribution in [-0.2, 0) is 4.79 Å². The van der Waals surface area contributed by atoms with Crippen molar-refractivity contribution < 1.29 is 4.79 Å². The van der Waals surface area contributed by atoms with Crippen molar-refractivity contribution >= 4 is 17.7 Å². The fourth-order valence-electron chi connectivity index (χ4n) is 0.679. The van der Waals surface area contributed by atoms with E-state index in [4.69, 9.17) is 5.73 Å². The van der Waals surface area contributed by atoms with Gasteiger partial charge < -0.3 is 5.73 Å². The molecule has 0 aromatic heterocycles. The maximum absolute atomic E-state index is 11.2. The number of hydrazine groups is 1. The van der Waals surface area contributed by atoms with Crippen LogP contribution in [0.2, 0.25) is 0 Å². The van der Waals surface area contributed by atoms with Crippen LogP contribution in [0.3, 0.4) is 0 Å². The number of carbonyl (C=O) groups is 1. The normalized spacial score (nSPS) is 13.1. The topological polar surface area (TPSA) is 58.4 Å². The van der Waals surface area contributed by atoms with E-state index in [0.717, 1.165) is 12.2 Å². The van der Waals surface area contributed by atoms with Gasteiger partial charge in [-0.2, -0.15) is 11.8 Å². The van der Waals surface area contributed by atoms with Crippen LogP contribution in [0.15, 0.2) is 0 Å². The molecule has 0 fully saturated rings. The van der Waals surface area contributed by atoms with Crippen molar-refractivity contribution in [3.05, 3.63) is 0 Å². The van der Waals surface area contributed by atoms with E-state index in [9.17, 15) is 4.79 Å². The third kappa shape index (κ3) is 5.40. The molecule has 4 nitrogen and oxygen atoms in total. The molecule has 1 atom stereocenters. The van der Waals surface area contributed by atoms with Crippen molar-refractivity contribution in [1.82, 2.24) is 10.4 Å². The number of nitrogens with zero attached hydrogens (tertiary/aromatic N) is 1. The summed E-state index contributed by atoms with van der Waals surface area (Å²) in [5.41, 5.74) is 8.21. The fourth-order valence-corrected chi connectivity index (χ4v) is 1.17. The summed E-state index contributed by atoms with van der Waals surface area (Å²) in [6.45, 7) is 0. The first-order valence-corrected chi connectivity index (χ1v) is 5.19. The van der Waals surface area contributed by atoms with E-state index in [2.05, 4.69) is 5.43 Å². The molecule has 0 rings (SSSR count). The quantitative estimate of drug-likeness (QED) is 0.584. The maximum atomic E-state index is 11.2. The molecule has 5 heteroatoms. The zero-order valence-corrected chi connectivity index (χ0v) is 8.65. The zero-order chi connectivity index (χ0) is 9.56. The van der Waals surface area contributed by atoms with Gasteiger partial charge in [-0.05, 0) is 18.4 Å². The summed E-state index contributed by atoms with van der Waals surface area (Å²) < 4.78 is 0. The van der Waals surface area contributed by atoms with Gasteiger partial charge in [0.15, 0.2) is 0 Å². The van der Waals surface area contributed by atoms with E-state index < -0.39 is 0 Å². The van der Waals surface area contributed by atoms with Crippen molar-refractivity contribution in [3.63, 3.8) is 0 Å². The Morgan fingerprint density at radius 3 is 2.67 bits per heavy atom. The molecule has 72 valence electrons. The Bertz CT molecular complexity index is 141. The van der Waals surface area contributed by atoms with Crippen molar-refractivity contribution in [3.8, 4) is 0 Å². The number of amides is 1. The Labute approximate surface area is 77.8 Å². The van der Waals surface area contributed by atoms with Crippen molar-refractivity contribution in [2.24, 2.45) is 5.73 Å².